The molecule has 1 amide bonds. The van der Waals surface area contributed by atoms with Crippen molar-refractivity contribution in [3.8, 4) is 11.1 Å². The number of halogens is 1. The maximum Gasteiger partial charge on any atom is 0.263 e. The highest BCUT2D eigenvalue weighted by Gasteiger charge is 2.50. The molecule has 1 fully saturated rings. The number of nitrogens with one attached hydrogen (secondary N) is 1. The van der Waals surface area contributed by atoms with Gasteiger partial charge in [0, 0.05) is 30.4 Å². The van der Waals surface area contributed by atoms with Crippen molar-refractivity contribution in [1.29, 1.82) is 0 Å². The molecule has 0 aliphatic heterocycles. The molecule has 6 heteroatoms. The van der Waals surface area contributed by atoms with E-state index in [9.17, 15) is 9.18 Å². The SMILES string of the molecule is Cn1cc(-c2ccc3cnc(NC(=O)C4(F)CC4)cc3c2)cn1. The van der Waals surface area contributed by atoms with Crippen molar-refractivity contribution in [3.05, 3.63) is 42.9 Å². The molecule has 116 valence electrons. The van der Waals surface area contributed by atoms with Crippen LogP contribution < -0.4 is 5.32 Å². The zero-order valence-electron chi connectivity index (χ0n) is 12.6. The number of rotatable bonds is 3. The Kier molecular flexibility index (Phi) is 2.94. The molecule has 0 atom stereocenters. The van der Waals surface area contributed by atoms with Crippen LogP contribution in [0.15, 0.2) is 42.9 Å². The van der Waals surface area contributed by atoms with E-state index in [0.717, 1.165) is 21.9 Å². The average Bonchev–Trinajstić information content (AvgIpc) is 3.15. The van der Waals surface area contributed by atoms with Crippen LogP contribution >= 0.6 is 0 Å². The van der Waals surface area contributed by atoms with Crippen molar-refractivity contribution >= 4 is 22.5 Å². The quantitative estimate of drug-likeness (QED) is 0.809. The maximum atomic E-state index is 13.7. The van der Waals surface area contributed by atoms with E-state index in [2.05, 4.69) is 15.4 Å². The minimum absolute atomic E-state index is 0.289. The molecule has 0 bridgehead atoms. The highest BCUT2D eigenvalue weighted by molar-refractivity contribution is 6.00. The van der Waals surface area contributed by atoms with Crippen molar-refractivity contribution in [2.75, 3.05) is 5.32 Å². The monoisotopic (exact) mass is 310 g/mol. The lowest BCUT2D eigenvalue weighted by atomic mass is 10.1. The van der Waals surface area contributed by atoms with E-state index in [1.807, 2.05) is 31.4 Å². The largest absolute Gasteiger partial charge is 0.308 e. The molecule has 1 N–H and O–H groups in total. The molecule has 23 heavy (non-hydrogen) atoms. The topological polar surface area (TPSA) is 59.8 Å². The number of amides is 1. The summed E-state index contributed by atoms with van der Waals surface area (Å²) < 4.78 is 15.5. The first kappa shape index (κ1) is 13.9. The first-order valence-corrected chi connectivity index (χ1v) is 7.43. The number of nitrogens with zero attached hydrogens (tertiary/aromatic N) is 3. The number of carbonyl (C=O) groups excluding carboxylic acids is 1. The maximum absolute atomic E-state index is 13.7. The molecule has 5 nitrogen and oxygen atoms in total. The minimum Gasteiger partial charge on any atom is -0.308 e. The highest BCUT2D eigenvalue weighted by atomic mass is 19.1. The van der Waals surface area contributed by atoms with Gasteiger partial charge in [0.05, 0.1) is 6.20 Å². The van der Waals surface area contributed by atoms with Crippen LogP contribution in [0.25, 0.3) is 21.9 Å². The fourth-order valence-electron chi connectivity index (χ4n) is 2.52. The van der Waals surface area contributed by atoms with Crippen LogP contribution in [0.2, 0.25) is 0 Å². The second-order valence-corrected chi connectivity index (χ2v) is 5.95. The lowest BCUT2D eigenvalue weighted by molar-refractivity contribution is -0.122. The van der Waals surface area contributed by atoms with Crippen LogP contribution in [0.1, 0.15) is 12.8 Å². The Balaban J connectivity index is 1.68. The standard InChI is InChI=1S/C17H15FN4O/c1-22-10-14(9-20-22)11-2-3-12-8-19-15(7-13(12)6-11)21-16(23)17(18)4-5-17/h2-3,6-10H,4-5H2,1H3,(H,19,21,23). The summed E-state index contributed by atoms with van der Waals surface area (Å²) in [6, 6.07) is 7.73. The molecule has 0 unspecified atom stereocenters. The molecule has 0 saturated heterocycles. The Hall–Kier alpha value is -2.76. The Bertz CT molecular complexity index is 914. The van der Waals surface area contributed by atoms with E-state index >= 15 is 0 Å². The zero-order chi connectivity index (χ0) is 16.0. The lowest BCUT2D eigenvalue weighted by Crippen LogP contribution is -2.25. The molecule has 1 aliphatic carbocycles. The van der Waals surface area contributed by atoms with E-state index in [4.69, 9.17) is 0 Å². The van der Waals surface area contributed by atoms with Crippen molar-refractivity contribution in [1.82, 2.24) is 14.8 Å². The number of anilines is 1. The van der Waals surface area contributed by atoms with Gasteiger partial charge in [-0.1, -0.05) is 12.1 Å². The molecule has 0 radical (unpaired) electrons. The van der Waals surface area contributed by atoms with E-state index in [0.29, 0.717) is 5.82 Å². The van der Waals surface area contributed by atoms with Gasteiger partial charge in [-0.2, -0.15) is 5.10 Å². The third-order valence-electron chi connectivity index (χ3n) is 4.10. The van der Waals surface area contributed by atoms with Crippen LogP contribution in [0.3, 0.4) is 0 Å². The molecular weight excluding hydrogens is 295 g/mol. The molecular formula is C17H15FN4O. The number of benzene rings is 1. The summed E-state index contributed by atoms with van der Waals surface area (Å²) in [5.74, 6) is -0.234. The van der Waals surface area contributed by atoms with Crippen LogP contribution in [-0.4, -0.2) is 26.3 Å². The number of aromatic nitrogens is 3. The molecule has 3 aromatic rings. The highest BCUT2D eigenvalue weighted by Crippen LogP contribution is 2.40. The van der Waals surface area contributed by atoms with E-state index < -0.39 is 11.6 Å². The number of alkyl halides is 1. The fraction of sp³-hybridized carbons (Fsp3) is 0.235. The van der Waals surface area contributed by atoms with Crippen LogP contribution in [0, 0.1) is 0 Å². The summed E-state index contributed by atoms with van der Waals surface area (Å²) in [5.41, 5.74) is 0.337. The third kappa shape index (κ3) is 2.56. The van der Waals surface area contributed by atoms with Gasteiger partial charge in [0.15, 0.2) is 5.67 Å². The summed E-state index contributed by atoms with van der Waals surface area (Å²) >= 11 is 0. The number of pyridine rings is 1. The molecule has 2 aromatic heterocycles. The predicted molar refractivity (Wildman–Crippen MR) is 85.6 cm³/mol. The predicted octanol–water partition coefficient (Wildman–Crippen LogP) is 3.08. The van der Waals surface area contributed by atoms with Gasteiger partial charge >= 0.3 is 0 Å². The van der Waals surface area contributed by atoms with Gasteiger partial charge < -0.3 is 5.32 Å². The summed E-state index contributed by atoms with van der Waals surface area (Å²) in [6.07, 6.45) is 5.99. The molecule has 1 aromatic carbocycles. The summed E-state index contributed by atoms with van der Waals surface area (Å²) in [6.45, 7) is 0. The first-order valence-electron chi connectivity index (χ1n) is 7.43. The van der Waals surface area contributed by atoms with Gasteiger partial charge in [-0.25, -0.2) is 9.37 Å². The van der Waals surface area contributed by atoms with Crippen molar-refractivity contribution in [3.63, 3.8) is 0 Å². The number of hydrogen-bond acceptors (Lipinski definition) is 3. The summed E-state index contributed by atoms with van der Waals surface area (Å²) in [4.78, 5) is 16.0. The minimum atomic E-state index is -1.70. The lowest BCUT2D eigenvalue weighted by Gasteiger charge is -2.08. The molecule has 2 heterocycles. The third-order valence-corrected chi connectivity index (χ3v) is 4.10. The Morgan fingerprint density at radius 2 is 2.04 bits per heavy atom. The smallest absolute Gasteiger partial charge is 0.263 e. The molecule has 1 aliphatic rings. The van der Waals surface area contributed by atoms with Crippen molar-refractivity contribution in [2.24, 2.45) is 7.05 Å². The van der Waals surface area contributed by atoms with Crippen LogP contribution in [0.4, 0.5) is 10.2 Å². The summed E-state index contributed by atoms with van der Waals surface area (Å²) in [5, 5.41) is 8.61. The van der Waals surface area contributed by atoms with Gasteiger partial charge in [0.25, 0.3) is 5.91 Å². The van der Waals surface area contributed by atoms with Gasteiger partial charge in [0.1, 0.15) is 5.82 Å². The van der Waals surface area contributed by atoms with Crippen molar-refractivity contribution < 1.29 is 9.18 Å². The first-order chi connectivity index (χ1) is 11.0. The molecule has 0 spiro atoms. The van der Waals surface area contributed by atoms with Gasteiger partial charge in [-0.15, -0.1) is 0 Å². The van der Waals surface area contributed by atoms with E-state index in [1.165, 1.54) is 0 Å². The van der Waals surface area contributed by atoms with Gasteiger partial charge in [0.2, 0.25) is 0 Å². The molecule has 4 rings (SSSR count). The number of hydrogen-bond donors (Lipinski definition) is 1. The van der Waals surface area contributed by atoms with E-state index in [-0.39, 0.29) is 12.8 Å². The van der Waals surface area contributed by atoms with E-state index in [1.54, 1.807) is 23.1 Å². The van der Waals surface area contributed by atoms with Gasteiger partial charge in [-0.05, 0) is 35.9 Å². The average molecular weight is 310 g/mol. The number of fused-ring (bicyclic) bond motifs is 1. The Labute approximate surface area is 132 Å². The van der Waals surface area contributed by atoms with Crippen molar-refractivity contribution in [2.45, 2.75) is 18.5 Å². The summed E-state index contributed by atoms with van der Waals surface area (Å²) in [7, 11) is 1.87. The Morgan fingerprint density at radius 3 is 2.74 bits per heavy atom. The number of carbonyl (C=O) groups is 1. The second-order valence-electron chi connectivity index (χ2n) is 5.95. The van der Waals surface area contributed by atoms with Crippen LogP contribution in [-0.2, 0) is 11.8 Å². The van der Waals surface area contributed by atoms with Crippen LogP contribution in [0.5, 0.6) is 0 Å². The zero-order valence-corrected chi connectivity index (χ0v) is 12.6. The Morgan fingerprint density at radius 1 is 1.22 bits per heavy atom. The second kappa shape index (κ2) is 4.87. The number of aryl methyl sites for hydroxylation is 1. The normalized spacial score (nSPS) is 15.6. The molecule has 1 saturated carbocycles. The van der Waals surface area contributed by atoms with Gasteiger partial charge in [-0.3, -0.25) is 9.48 Å². The fourth-order valence-corrected chi connectivity index (χ4v) is 2.52.